The molecule has 110 valence electrons. The molecule has 0 radical (unpaired) electrons. The number of ether oxygens (including phenoxy) is 1. The smallest absolute Gasteiger partial charge is 0.235 e. The van der Waals surface area contributed by atoms with Crippen LogP contribution in [-0.4, -0.2) is 32.0 Å². The molecule has 6 nitrogen and oxygen atoms in total. The first-order valence-electron chi connectivity index (χ1n) is 5.59. The number of phenols is 1. The average molecular weight is 316 g/mol. The zero-order chi connectivity index (χ0) is 15.1. The van der Waals surface area contributed by atoms with E-state index in [-0.39, 0.29) is 17.2 Å². The molecule has 0 fully saturated rings. The Hall–Kier alpha value is -2.20. The first-order valence-corrected chi connectivity index (χ1v) is 6.41. The van der Waals surface area contributed by atoms with E-state index in [4.69, 9.17) is 4.74 Å². The summed E-state index contributed by atoms with van der Waals surface area (Å²) < 4.78 is 46.4. The fraction of sp³-hybridized carbons (Fsp3) is 0.182. The standard InChI is InChI=1S/C11H7F3N4O2S/c1-20-3-6-15-16-11-18(6)17-10(21-11)4-2-5(12)8(14)9(19)7(4)13/h2,19H,3H2,1H3. The highest BCUT2D eigenvalue weighted by Gasteiger charge is 2.22. The first kappa shape index (κ1) is 13.8. The van der Waals surface area contributed by atoms with Crippen LogP contribution in [0.4, 0.5) is 13.2 Å². The molecule has 0 atom stereocenters. The number of aromatic nitrogens is 4. The van der Waals surface area contributed by atoms with Crippen molar-refractivity contribution in [3.8, 4) is 16.3 Å². The second-order valence-electron chi connectivity index (χ2n) is 4.03. The second-order valence-corrected chi connectivity index (χ2v) is 4.99. The Morgan fingerprint density at radius 1 is 1.29 bits per heavy atom. The summed E-state index contributed by atoms with van der Waals surface area (Å²) in [4.78, 5) is 0.334. The Labute approximate surface area is 119 Å². The predicted molar refractivity (Wildman–Crippen MR) is 66.3 cm³/mol. The minimum absolute atomic E-state index is 0.0314. The molecule has 3 aromatic rings. The van der Waals surface area contributed by atoms with E-state index in [1.54, 1.807) is 0 Å². The summed E-state index contributed by atoms with van der Waals surface area (Å²) in [6, 6.07) is 0.631. The third kappa shape index (κ3) is 2.12. The summed E-state index contributed by atoms with van der Waals surface area (Å²) in [5, 5.41) is 20.9. The van der Waals surface area contributed by atoms with Crippen molar-refractivity contribution in [3.05, 3.63) is 29.3 Å². The molecular formula is C11H7F3N4O2S. The molecule has 1 N–H and O–H groups in total. The molecule has 0 saturated heterocycles. The van der Waals surface area contributed by atoms with Gasteiger partial charge in [0.05, 0.1) is 5.56 Å². The van der Waals surface area contributed by atoms with E-state index < -0.39 is 23.2 Å². The van der Waals surface area contributed by atoms with Gasteiger partial charge in [0.15, 0.2) is 28.2 Å². The lowest BCUT2D eigenvalue weighted by Gasteiger charge is -2.03. The van der Waals surface area contributed by atoms with Gasteiger partial charge < -0.3 is 9.84 Å². The van der Waals surface area contributed by atoms with Crippen LogP contribution in [0.3, 0.4) is 0 Å². The fourth-order valence-corrected chi connectivity index (χ4v) is 2.60. The lowest BCUT2D eigenvalue weighted by atomic mass is 10.2. The maximum atomic E-state index is 13.9. The van der Waals surface area contributed by atoms with Crippen LogP contribution in [0, 0.1) is 17.5 Å². The number of fused-ring (bicyclic) bond motifs is 1. The number of hydrogen-bond acceptors (Lipinski definition) is 6. The van der Waals surface area contributed by atoms with Crippen molar-refractivity contribution in [1.29, 1.82) is 0 Å². The van der Waals surface area contributed by atoms with Crippen molar-refractivity contribution in [3.63, 3.8) is 0 Å². The van der Waals surface area contributed by atoms with Gasteiger partial charge in [-0.25, -0.2) is 8.78 Å². The van der Waals surface area contributed by atoms with Gasteiger partial charge in [-0.05, 0) is 6.07 Å². The Morgan fingerprint density at radius 3 is 2.76 bits per heavy atom. The van der Waals surface area contributed by atoms with Crippen LogP contribution in [0.5, 0.6) is 5.75 Å². The summed E-state index contributed by atoms with van der Waals surface area (Å²) in [6.07, 6.45) is 0. The van der Waals surface area contributed by atoms with Crippen LogP contribution >= 0.6 is 11.3 Å². The monoisotopic (exact) mass is 316 g/mol. The summed E-state index contributed by atoms with van der Waals surface area (Å²) in [7, 11) is 1.46. The van der Waals surface area contributed by atoms with Gasteiger partial charge in [0.2, 0.25) is 10.8 Å². The summed E-state index contributed by atoms with van der Waals surface area (Å²) in [5.41, 5.74) is -0.356. The minimum Gasteiger partial charge on any atom is -0.503 e. The molecule has 21 heavy (non-hydrogen) atoms. The lowest BCUT2D eigenvalue weighted by molar-refractivity contribution is 0.176. The molecule has 0 aliphatic rings. The van der Waals surface area contributed by atoms with Crippen molar-refractivity contribution in [2.75, 3.05) is 7.11 Å². The van der Waals surface area contributed by atoms with E-state index in [0.717, 1.165) is 11.3 Å². The van der Waals surface area contributed by atoms with E-state index in [0.29, 0.717) is 16.9 Å². The summed E-state index contributed by atoms with van der Waals surface area (Å²) >= 11 is 0.917. The van der Waals surface area contributed by atoms with Gasteiger partial charge in [-0.3, -0.25) is 0 Å². The van der Waals surface area contributed by atoms with Crippen LogP contribution in [0.15, 0.2) is 6.07 Å². The topological polar surface area (TPSA) is 72.5 Å². The number of halogens is 3. The van der Waals surface area contributed by atoms with Crippen LogP contribution in [0.1, 0.15) is 5.82 Å². The Balaban J connectivity index is 2.17. The molecule has 3 rings (SSSR count). The zero-order valence-corrected chi connectivity index (χ0v) is 11.3. The lowest BCUT2D eigenvalue weighted by Crippen LogP contribution is -1.98. The Morgan fingerprint density at radius 2 is 2.05 bits per heavy atom. The van der Waals surface area contributed by atoms with Gasteiger partial charge >= 0.3 is 0 Å². The number of methoxy groups -OCH3 is 1. The van der Waals surface area contributed by atoms with Gasteiger partial charge in [-0.1, -0.05) is 11.3 Å². The Bertz CT molecular complexity index is 833. The quantitative estimate of drug-likeness (QED) is 0.749. The number of aromatic hydroxyl groups is 1. The first-order chi connectivity index (χ1) is 10.0. The van der Waals surface area contributed by atoms with E-state index >= 15 is 0 Å². The van der Waals surface area contributed by atoms with E-state index in [1.807, 2.05) is 0 Å². The largest absolute Gasteiger partial charge is 0.503 e. The molecule has 0 saturated carbocycles. The minimum atomic E-state index is -1.64. The zero-order valence-electron chi connectivity index (χ0n) is 10.5. The Kier molecular flexibility index (Phi) is 3.26. The third-order valence-electron chi connectivity index (χ3n) is 2.69. The molecule has 1 aromatic carbocycles. The predicted octanol–water partition coefficient (Wildman–Crippen LogP) is 2.12. The van der Waals surface area contributed by atoms with Gasteiger partial charge in [0.25, 0.3) is 0 Å². The van der Waals surface area contributed by atoms with Crippen LogP contribution in [0.25, 0.3) is 15.5 Å². The molecule has 0 aliphatic carbocycles. The van der Waals surface area contributed by atoms with E-state index in [1.165, 1.54) is 11.6 Å². The molecule has 0 unspecified atom stereocenters. The van der Waals surface area contributed by atoms with Gasteiger partial charge in [0.1, 0.15) is 6.61 Å². The number of benzene rings is 1. The van der Waals surface area contributed by atoms with Gasteiger partial charge in [-0.15, -0.1) is 10.2 Å². The van der Waals surface area contributed by atoms with E-state index in [2.05, 4.69) is 15.3 Å². The van der Waals surface area contributed by atoms with E-state index in [9.17, 15) is 18.3 Å². The molecular weight excluding hydrogens is 309 g/mol. The third-order valence-corrected chi connectivity index (χ3v) is 3.62. The number of nitrogens with zero attached hydrogens (tertiary/aromatic N) is 4. The van der Waals surface area contributed by atoms with Crippen molar-refractivity contribution < 1.29 is 23.0 Å². The number of phenolic OH excluding ortho intramolecular Hbond substituents is 1. The second kappa shape index (κ2) is 4.97. The van der Waals surface area contributed by atoms with Crippen molar-refractivity contribution in [1.82, 2.24) is 19.8 Å². The van der Waals surface area contributed by atoms with Crippen molar-refractivity contribution in [2.24, 2.45) is 0 Å². The number of rotatable bonds is 3. The van der Waals surface area contributed by atoms with Crippen LogP contribution < -0.4 is 0 Å². The summed E-state index contributed by atoms with van der Waals surface area (Å²) in [5.74, 6) is -5.30. The number of hydrogen-bond donors (Lipinski definition) is 1. The van der Waals surface area contributed by atoms with Crippen LogP contribution in [0.2, 0.25) is 0 Å². The molecule has 10 heteroatoms. The molecule has 0 aliphatic heterocycles. The SMILES string of the molecule is COCc1nnc2sc(-c3cc(F)c(F)c(O)c3F)nn12. The normalized spacial score (nSPS) is 11.4. The highest BCUT2D eigenvalue weighted by atomic mass is 32.1. The van der Waals surface area contributed by atoms with Gasteiger partial charge in [0, 0.05) is 7.11 Å². The fourth-order valence-electron chi connectivity index (χ4n) is 1.73. The molecule has 0 amide bonds. The molecule has 0 bridgehead atoms. The maximum Gasteiger partial charge on any atom is 0.235 e. The van der Waals surface area contributed by atoms with Crippen molar-refractivity contribution in [2.45, 2.75) is 6.61 Å². The highest BCUT2D eigenvalue weighted by molar-refractivity contribution is 7.19. The average Bonchev–Trinajstić information content (AvgIpc) is 3.03. The molecule has 0 spiro atoms. The van der Waals surface area contributed by atoms with Crippen molar-refractivity contribution >= 4 is 16.3 Å². The maximum absolute atomic E-state index is 13.9. The van der Waals surface area contributed by atoms with Gasteiger partial charge in [-0.2, -0.15) is 14.0 Å². The molecule has 2 heterocycles. The summed E-state index contributed by atoms with van der Waals surface area (Å²) in [6.45, 7) is 0.135. The molecule has 2 aromatic heterocycles. The highest BCUT2D eigenvalue weighted by Crippen LogP contribution is 2.34. The van der Waals surface area contributed by atoms with Crippen LogP contribution in [-0.2, 0) is 11.3 Å².